The Labute approximate surface area is 220 Å². The average molecular weight is 505 g/mol. The van der Waals surface area contributed by atoms with Crippen molar-refractivity contribution in [2.45, 2.75) is 13.8 Å². The minimum Gasteiger partial charge on any atom is -0.283 e. The largest absolute Gasteiger partial charge is 0.297 e. The third-order valence-corrected chi connectivity index (χ3v) is 6.64. The summed E-state index contributed by atoms with van der Waals surface area (Å²) in [7, 11) is 3.69. The van der Waals surface area contributed by atoms with Crippen molar-refractivity contribution in [2.24, 2.45) is 24.1 Å². The van der Waals surface area contributed by atoms with E-state index in [9.17, 15) is 9.59 Å². The molecular formula is C30H28N6O2. The van der Waals surface area contributed by atoms with Crippen LogP contribution in [0, 0.1) is 13.8 Å². The molecule has 5 aromatic rings. The van der Waals surface area contributed by atoms with Gasteiger partial charge in [0.25, 0.3) is 11.1 Å². The van der Waals surface area contributed by atoms with Gasteiger partial charge in [-0.15, -0.1) is 0 Å². The lowest BCUT2D eigenvalue weighted by atomic mass is 10.1. The summed E-state index contributed by atoms with van der Waals surface area (Å²) in [6, 6.07) is 26.6. The van der Waals surface area contributed by atoms with Gasteiger partial charge in [-0.2, -0.15) is 0 Å². The smallest absolute Gasteiger partial charge is 0.283 e. The number of aliphatic imine (C=N–C) groups is 2. The van der Waals surface area contributed by atoms with Gasteiger partial charge in [0.05, 0.1) is 22.8 Å². The molecule has 0 radical (unpaired) electrons. The second-order valence-corrected chi connectivity index (χ2v) is 9.01. The van der Waals surface area contributed by atoms with Crippen LogP contribution in [0.2, 0.25) is 0 Å². The molecule has 0 aliphatic carbocycles. The van der Waals surface area contributed by atoms with E-state index in [2.05, 4.69) is 9.98 Å². The van der Waals surface area contributed by atoms with E-state index in [1.54, 1.807) is 31.2 Å². The number of rotatable bonds is 6. The van der Waals surface area contributed by atoms with Gasteiger partial charge in [-0.05, 0) is 55.3 Å². The molecule has 0 fully saturated rings. The maximum atomic E-state index is 13.1. The summed E-state index contributed by atoms with van der Waals surface area (Å²) in [5, 5.41) is 0. The summed E-state index contributed by atoms with van der Waals surface area (Å²) < 4.78 is 6.82. The van der Waals surface area contributed by atoms with E-state index in [1.165, 1.54) is 0 Å². The summed E-state index contributed by atoms with van der Waals surface area (Å²) in [5.41, 5.74) is 5.14. The fourth-order valence-electron chi connectivity index (χ4n) is 4.40. The normalized spacial score (nSPS) is 11.7. The number of hydrogen-bond donors (Lipinski definition) is 0. The minimum atomic E-state index is -0.181. The van der Waals surface area contributed by atoms with Crippen molar-refractivity contribution in [3.05, 3.63) is 128 Å². The van der Waals surface area contributed by atoms with Crippen molar-refractivity contribution in [3.8, 4) is 11.4 Å². The summed E-state index contributed by atoms with van der Waals surface area (Å²) in [5.74, 6) is 0. The van der Waals surface area contributed by atoms with E-state index in [0.717, 1.165) is 33.9 Å². The Morgan fingerprint density at radius 1 is 0.579 bits per heavy atom. The molecule has 0 amide bonds. The zero-order valence-electron chi connectivity index (χ0n) is 21.7. The van der Waals surface area contributed by atoms with Crippen molar-refractivity contribution >= 4 is 23.8 Å². The van der Waals surface area contributed by atoms with Crippen LogP contribution in [0.3, 0.4) is 0 Å². The quantitative estimate of drug-likeness (QED) is 0.312. The van der Waals surface area contributed by atoms with Crippen molar-refractivity contribution in [3.63, 3.8) is 0 Å². The molecule has 0 spiro atoms. The fraction of sp³-hybridized carbons (Fsp3) is 0.133. The Hall–Kier alpha value is -4.98. The maximum Gasteiger partial charge on any atom is 0.297 e. The Bertz CT molecular complexity index is 1660. The molecule has 0 bridgehead atoms. The van der Waals surface area contributed by atoms with Crippen molar-refractivity contribution in [2.75, 3.05) is 0 Å². The Balaban J connectivity index is 1.43. The molecule has 2 aromatic heterocycles. The minimum absolute atomic E-state index is 0.181. The maximum absolute atomic E-state index is 13.1. The molecule has 8 nitrogen and oxygen atoms in total. The Morgan fingerprint density at radius 3 is 1.37 bits per heavy atom. The van der Waals surface area contributed by atoms with Gasteiger partial charge in [-0.3, -0.25) is 19.0 Å². The van der Waals surface area contributed by atoms with Crippen LogP contribution in [-0.2, 0) is 14.1 Å². The highest BCUT2D eigenvalue weighted by atomic mass is 16.1. The second kappa shape index (κ2) is 10.2. The molecule has 0 saturated carbocycles. The van der Waals surface area contributed by atoms with Crippen molar-refractivity contribution in [1.82, 2.24) is 18.7 Å². The number of para-hydroxylation sites is 2. The number of nitrogens with zero attached hydrogens (tertiary/aromatic N) is 6. The van der Waals surface area contributed by atoms with Crippen LogP contribution in [0.4, 0.5) is 11.4 Å². The van der Waals surface area contributed by atoms with Crippen molar-refractivity contribution in [1.29, 1.82) is 0 Å². The average Bonchev–Trinajstić information content (AvgIpc) is 3.28. The van der Waals surface area contributed by atoms with Gasteiger partial charge < -0.3 is 0 Å². The van der Waals surface area contributed by atoms with Crippen LogP contribution in [0.1, 0.15) is 22.5 Å². The van der Waals surface area contributed by atoms with Crippen LogP contribution in [0.5, 0.6) is 0 Å². The van der Waals surface area contributed by atoms with E-state index in [-0.39, 0.29) is 11.1 Å². The molecule has 3 aromatic carbocycles. The van der Waals surface area contributed by atoms with E-state index in [1.807, 2.05) is 113 Å². The zero-order valence-corrected chi connectivity index (χ0v) is 21.7. The van der Waals surface area contributed by atoms with Crippen LogP contribution < -0.4 is 11.1 Å². The first kappa shape index (κ1) is 24.7. The highest BCUT2D eigenvalue weighted by Gasteiger charge is 2.16. The third-order valence-electron chi connectivity index (χ3n) is 6.64. The molecular weight excluding hydrogens is 476 g/mol. The van der Waals surface area contributed by atoms with Gasteiger partial charge in [0, 0.05) is 26.5 Å². The highest BCUT2D eigenvalue weighted by molar-refractivity contribution is 5.88. The topological polar surface area (TPSA) is 78.6 Å². The standard InChI is InChI=1S/C30H28N6O2/c1-21-27(29(37)35(33(21)3)25-14-7-5-8-15-25)31-19-23-12-11-13-24(18-23)20-32-28-22(2)34(4)36(30(28)38)26-16-9-6-10-17-26/h5-20H,1-4H3. The molecule has 0 saturated heterocycles. The fourth-order valence-corrected chi connectivity index (χ4v) is 4.40. The van der Waals surface area contributed by atoms with Crippen molar-refractivity contribution < 1.29 is 0 Å². The predicted octanol–water partition coefficient (Wildman–Crippen LogP) is 4.78. The van der Waals surface area contributed by atoms with Crippen LogP contribution in [0.15, 0.2) is 105 Å². The van der Waals surface area contributed by atoms with E-state index >= 15 is 0 Å². The first-order valence-electron chi connectivity index (χ1n) is 12.2. The lowest BCUT2D eigenvalue weighted by Crippen LogP contribution is -2.19. The number of hydrogen-bond acceptors (Lipinski definition) is 4. The van der Waals surface area contributed by atoms with Gasteiger partial charge in [-0.25, -0.2) is 19.3 Å². The van der Waals surface area contributed by atoms with Crippen LogP contribution >= 0.6 is 0 Å². The zero-order chi connectivity index (χ0) is 26.8. The summed E-state index contributed by atoms with van der Waals surface area (Å²) in [4.78, 5) is 35.3. The molecule has 0 aliphatic heterocycles. The van der Waals surface area contributed by atoms with Gasteiger partial charge in [0.15, 0.2) is 11.4 Å². The van der Waals surface area contributed by atoms with E-state index < -0.39 is 0 Å². The van der Waals surface area contributed by atoms with Crippen LogP contribution in [0.25, 0.3) is 11.4 Å². The van der Waals surface area contributed by atoms with Gasteiger partial charge in [-0.1, -0.05) is 54.6 Å². The summed E-state index contributed by atoms with van der Waals surface area (Å²) in [6.07, 6.45) is 3.35. The molecule has 38 heavy (non-hydrogen) atoms. The number of benzene rings is 3. The van der Waals surface area contributed by atoms with Gasteiger partial charge in [0.2, 0.25) is 0 Å². The monoisotopic (exact) mass is 504 g/mol. The lowest BCUT2D eigenvalue weighted by molar-refractivity contribution is 0.630. The van der Waals surface area contributed by atoms with Gasteiger partial charge >= 0.3 is 0 Å². The van der Waals surface area contributed by atoms with Gasteiger partial charge in [0.1, 0.15) is 0 Å². The molecule has 2 heterocycles. The Kier molecular flexibility index (Phi) is 6.62. The SMILES string of the molecule is Cc1c(N=Cc2cccc(C=Nc3c(C)n(C)n(-c4ccccc4)c3=O)c2)c(=O)n(-c2ccccc2)n1C. The first-order valence-corrected chi connectivity index (χ1v) is 12.2. The third kappa shape index (κ3) is 4.48. The highest BCUT2D eigenvalue weighted by Crippen LogP contribution is 2.18. The number of aromatic nitrogens is 4. The molecule has 5 rings (SSSR count). The first-order chi connectivity index (χ1) is 18.4. The lowest BCUT2D eigenvalue weighted by Gasteiger charge is -2.07. The molecule has 190 valence electrons. The molecule has 0 unspecified atom stereocenters. The summed E-state index contributed by atoms with van der Waals surface area (Å²) >= 11 is 0. The summed E-state index contributed by atoms with van der Waals surface area (Å²) in [6.45, 7) is 3.75. The Morgan fingerprint density at radius 2 is 0.974 bits per heavy atom. The molecule has 0 atom stereocenters. The van der Waals surface area contributed by atoms with Crippen LogP contribution in [-0.4, -0.2) is 31.2 Å². The molecule has 0 aliphatic rings. The van der Waals surface area contributed by atoms with E-state index in [0.29, 0.717) is 11.4 Å². The second-order valence-electron chi connectivity index (χ2n) is 9.01. The van der Waals surface area contributed by atoms with E-state index in [4.69, 9.17) is 0 Å². The molecule has 8 heteroatoms. The molecule has 0 N–H and O–H groups in total. The predicted molar refractivity (Wildman–Crippen MR) is 152 cm³/mol.